The molecule has 0 aliphatic heterocycles. The molecule has 0 saturated heterocycles. The average Bonchev–Trinajstić information content (AvgIpc) is 3.27. The Morgan fingerprint density at radius 2 is 2.29 bits per heavy atom. The lowest BCUT2D eigenvalue weighted by molar-refractivity contribution is -0.118. The highest BCUT2D eigenvalue weighted by atomic mass is 32.2. The maximum atomic E-state index is 12.0. The van der Waals surface area contributed by atoms with Gasteiger partial charge in [0.05, 0.1) is 29.6 Å². The van der Waals surface area contributed by atoms with E-state index in [2.05, 4.69) is 15.5 Å². The Bertz CT molecular complexity index is 1000. The highest BCUT2D eigenvalue weighted by Crippen LogP contribution is 2.28. The monoisotopic (exact) mass is 342 g/mol. The van der Waals surface area contributed by atoms with Crippen LogP contribution in [0.2, 0.25) is 0 Å². The van der Waals surface area contributed by atoms with Crippen molar-refractivity contribution in [1.82, 2.24) is 19.9 Å². The third-order valence-electron chi connectivity index (χ3n) is 3.56. The number of amides is 1. The van der Waals surface area contributed by atoms with Crippen LogP contribution in [0.3, 0.4) is 0 Å². The molecule has 7 nitrogen and oxygen atoms in total. The first-order chi connectivity index (χ1) is 11.7. The SMILES string of the molecule is Cc1cc2c(cc3c(SCC(=O)NCc4ccco4)nncn32)o1. The summed E-state index contributed by atoms with van der Waals surface area (Å²) in [6.07, 6.45) is 3.23. The number of carbonyl (C=O) groups excluding carboxylic acids is 1. The summed E-state index contributed by atoms with van der Waals surface area (Å²) in [6, 6.07) is 7.47. The van der Waals surface area contributed by atoms with Gasteiger partial charge in [0.2, 0.25) is 5.91 Å². The molecule has 1 N–H and O–H groups in total. The average molecular weight is 342 g/mol. The van der Waals surface area contributed by atoms with Crippen LogP contribution in [-0.2, 0) is 11.3 Å². The number of aromatic nitrogens is 3. The first-order valence-electron chi connectivity index (χ1n) is 7.35. The third kappa shape index (κ3) is 2.76. The van der Waals surface area contributed by atoms with E-state index in [-0.39, 0.29) is 11.7 Å². The molecule has 0 atom stereocenters. The van der Waals surface area contributed by atoms with E-state index in [0.717, 1.165) is 28.1 Å². The topological polar surface area (TPSA) is 85.6 Å². The van der Waals surface area contributed by atoms with E-state index >= 15 is 0 Å². The molecule has 0 spiro atoms. The summed E-state index contributed by atoms with van der Waals surface area (Å²) in [5.74, 6) is 1.72. The lowest BCUT2D eigenvalue weighted by atomic mass is 10.4. The molecular weight excluding hydrogens is 328 g/mol. The number of rotatable bonds is 5. The molecule has 4 rings (SSSR count). The predicted molar refractivity (Wildman–Crippen MR) is 88.8 cm³/mol. The Balaban J connectivity index is 1.48. The van der Waals surface area contributed by atoms with Crippen LogP contribution in [0, 0.1) is 6.92 Å². The summed E-state index contributed by atoms with van der Waals surface area (Å²) < 4.78 is 12.7. The molecular formula is C16H14N4O3S. The number of nitrogens with zero attached hydrogens (tertiary/aromatic N) is 3. The zero-order chi connectivity index (χ0) is 16.5. The molecule has 8 heteroatoms. The molecule has 0 aromatic carbocycles. The standard InChI is InChI=1S/C16H14N4O3S/c1-10-5-12-14(23-10)6-13-16(19-18-9-20(12)13)24-8-15(21)17-7-11-3-2-4-22-11/h2-6,9H,7-8H2,1H3,(H,17,21). The van der Waals surface area contributed by atoms with E-state index in [1.807, 2.05) is 29.5 Å². The van der Waals surface area contributed by atoms with Crippen LogP contribution in [0.15, 0.2) is 50.7 Å². The van der Waals surface area contributed by atoms with Crippen molar-refractivity contribution in [3.05, 3.63) is 48.4 Å². The zero-order valence-corrected chi connectivity index (χ0v) is 13.7. The highest BCUT2D eigenvalue weighted by Gasteiger charge is 2.13. The number of furan rings is 2. The van der Waals surface area contributed by atoms with Gasteiger partial charge in [-0.15, -0.1) is 10.2 Å². The second-order valence-electron chi connectivity index (χ2n) is 5.29. The van der Waals surface area contributed by atoms with E-state index in [1.54, 1.807) is 18.7 Å². The maximum Gasteiger partial charge on any atom is 0.230 e. The molecule has 0 saturated carbocycles. The van der Waals surface area contributed by atoms with Crippen molar-refractivity contribution in [2.45, 2.75) is 18.5 Å². The normalized spacial score (nSPS) is 11.4. The molecule has 0 fully saturated rings. The molecule has 4 aromatic heterocycles. The second-order valence-corrected chi connectivity index (χ2v) is 6.25. The quantitative estimate of drug-likeness (QED) is 0.561. The molecule has 4 heterocycles. The van der Waals surface area contributed by atoms with Gasteiger partial charge in [-0.1, -0.05) is 11.8 Å². The summed E-state index contributed by atoms with van der Waals surface area (Å²) in [5, 5.41) is 11.6. The van der Waals surface area contributed by atoms with Crippen LogP contribution in [0.25, 0.3) is 16.6 Å². The van der Waals surface area contributed by atoms with Gasteiger partial charge in [0.15, 0.2) is 5.58 Å². The van der Waals surface area contributed by atoms with Gasteiger partial charge in [-0.25, -0.2) is 0 Å². The van der Waals surface area contributed by atoms with Crippen molar-refractivity contribution in [3.8, 4) is 0 Å². The molecule has 0 radical (unpaired) electrons. The van der Waals surface area contributed by atoms with Crippen molar-refractivity contribution in [2.24, 2.45) is 0 Å². The fourth-order valence-electron chi connectivity index (χ4n) is 2.49. The minimum atomic E-state index is -0.0914. The lowest BCUT2D eigenvalue weighted by Gasteiger charge is -2.04. The largest absolute Gasteiger partial charge is 0.467 e. The summed E-state index contributed by atoms with van der Waals surface area (Å²) in [4.78, 5) is 12.0. The Labute approximate surface area is 141 Å². The third-order valence-corrected chi connectivity index (χ3v) is 4.54. The number of hydrogen-bond acceptors (Lipinski definition) is 6. The Morgan fingerprint density at radius 1 is 1.38 bits per heavy atom. The van der Waals surface area contributed by atoms with Gasteiger partial charge in [-0.05, 0) is 19.1 Å². The van der Waals surface area contributed by atoms with Crippen molar-refractivity contribution >= 4 is 34.3 Å². The fourth-order valence-corrected chi connectivity index (χ4v) is 3.27. The van der Waals surface area contributed by atoms with E-state index in [0.29, 0.717) is 11.6 Å². The van der Waals surface area contributed by atoms with Crippen LogP contribution in [-0.4, -0.2) is 26.3 Å². The zero-order valence-electron chi connectivity index (χ0n) is 12.9. The van der Waals surface area contributed by atoms with Crippen molar-refractivity contribution < 1.29 is 13.6 Å². The second kappa shape index (κ2) is 6.04. The molecule has 0 unspecified atom stereocenters. The molecule has 122 valence electrons. The van der Waals surface area contributed by atoms with Gasteiger partial charge in [-0.3, -0.25) is 9.20 Å². The van der Waals surface area contributed by atoms with E-state index in [9.17, 15) is 4.79 Å². The highest BCUT2D eigenvalue weighted by molar-refractivity contribution is 8.00. The van der Waals surface area contributed by atoms with Gasteiger partial charge in [0.1, 0.15) is 22.9 Å². The number of thioether (sulfide) groups is 1. The van der Waals surface area contributed by atoms with Crippen LogP contribution in [0.5, 0.6) is 0 Å². The van der Waals surface area contributed by atoms with Crippen LogP contribution in [0.4, 0.5) is 0 Å². The molecule has 0 aliphatic carbocycles. The Kier molecular flexibility index (Phi) is 3.73. The number of aryl methyl sites for hydroxylation is 1. The Morgan fingerprint density at radius 3 is 3.12 bits per heavy atom. The number of carbonyl (C=O) groups is 1. The van der Waals surface area contributed by atoms with Crippen molar-refractivity contribution in [2.75, 3.05) is 5.75 Å². The minimum absolute atomic E-state index is 0.0914. The minimum Gasteiger partial charge on any atom is -0.467 e. The first-order valence-corrected chi connectivity index (χ1v) is 8.34. The van der Waals surface area contributed by atoms with Gasteiger partial charge in [0, 0.05) is 12.1 Å². The predicted octanol–water partition coefficient (Wildman–Crippen LogP) is 2.79. The van der Waals surface area contributed by atoms with Crippen molar-refractivity contribution in [1.29, 1.82) is 0 Å². The fraction of sp³-hybridized carbons (Fsp3) is 0.188. The lowest BCUT2D eigenvalue weighted by Crippen LogP contribution is -2.24. The van der Waals surface area contributed by atoms with Gasteiger partial charge in [-0.2, -0.15) is 0 Å². The van der Waals surface area contributed by atoms with Gasteiger partial charge < -0.3 is 14.2 Å². The van der Waals surface area contributed by atoms with Crippen LogP contribution in [0.1, 0.15) is 11.5 Å². The molecule has 4 aromatic rings. The van der Waals surface area contributed by atoms with E-state index in [4.69, 9.17) is 8.83 Å². The molecule has 24 heavy (non-hydrogen) atoms. The molecule has 0 bridgehead atoms. The maximum absolute atomic E-state index is 12.0. The number of fused-ring (bicyclic) bond motifs is 3. The first kappa shape index (κ1) is 14.8. The molecule has 1 amide bonds. The van der Waals surface area contributed by atoms with E-state index < -0.39 is 0 Å². The summed E-state index contributed by atoms with van der Waals surface area (Å²) in [5.41, 5.74) is 2.61. The van der Waals surface area contributed by atoms with Crippen LogP contribution >= 0.6 is 11.8 Å². The number of nitrogens with one attached hydrogen (secondary N) is 1. The van der Waals surface area contributed by atoms with Gasteiger partial charge >= 0.3 is 0 Å². The van der Waals surface area contributed by atoms with E-state index in [1.165, 1.54) is 11.8 Å². The number of hydrogen-bond donors (Lipinski definition) is 1. The Hall–Kier alpha value is -2.74. The smallest absolute Gasteiger partial charge is 0.230 e. The summed E-state index contributed by atoms with van der Waals surface area (Å²) >= 11 is 1.34. The molecule has 0 aliphatic rings. The summed E-state index contributed by atoms with van der Waals surface area (Å²) in [6.45, 7) is 2.28. The van der Waals surface area contributed by atoms with Crippen molar-refractivity contribution in [3.63, 3.8) is 0 Å². The van der Waals surface area contributed by atoms with Crippen LogP contribution < -0.4 is 5.32 Å². The van der Waals surface area contributed by atoms with Gasteiger partial charge in [0.25, 0.3) is 0 Å². The summed E-state index contributed by atoms with van der Waals surface area (Å²) in [7, 11) is 0.